The number of primary amides is 1. The van der Waals surface area contributed by atoms with Gasteiger partial charge >= 0.3 is 6.09 Å². The smallest absolute Gasteiger partial charge is 0.407 e. The molecule has 0 aliphatic carbocycles. The van der Waals surface area contributed by atoms with Gasteiger partial charge < -0.3 is 26.2 Å². The molecular weight excluding hydrogens is 482 g/mol. The van der Waals surface area contributed by atoms with E-state index in [9.17, 15) is 19.5 Å². The summed E-state index contributed by atoms with van der Waals surface area (Å²) in [6.07, 6.45) is -0.304. The van der Waals surface area contributed by atoms with Crippen molar-refractivity contribution in [1.82, 2.24) is 10.6 Å². The number of amides is 3. The van der Waals surface area contributed by atoms with Crippen LogP contribution in [0.15, 0.2) is 60.7 Å². The first-order valence-electron chi connectivity index (χ1n) is 13.2. The summed E-state index contributed by atoms with van der Waals surface area (Å²) >= 11 is 0. The molecule has 0 saturated heterocycles. The molecule has 0 aliphatic rings. The Kier molecular flexibility index (Phi) is 11.8. The molecule has 0 bridgehead atoms. The zero-order chi connectivity index (χ0) is 28.3. The third kappa shape index (κ3) is 10.5. The first kappa shape index (κ1) is 30.8. The summed E-state index contributed by atoms with van der Waals surface area (Å²) in [5.74, 6) is -1.77. The second-order valence-corrected chi connectivity index (χ2v) is 10.9. The van der Waals surface area contributed by atoms with E-state index in [4.69, 9.17) is 10.5 Å². The van der Waals surface area contributed by atoms with Crippen molar-refractivity contribution in [3.05, 3.63) is 71.8 Å². The lowest BCUT2D eigenvalue weighted by molar-refractivity contribution is -0.131. The Labute approximate surface area is 226 Å². The van der Waals surface area contributed by atoms with Crippen molar-refractivity contribution in [2.24, 2.45) is 17.6 Å². The van der Waals surface area contributed by atoms with Gasteiger partial charge in [-0.15, -0.1) is 0 Å². The summed E-state index contributed by atoms with van der Waals surface area (Å²) in [5, 5.41) is 17.0. The van der Waals surface area contributed by atoms with Gasteiger partial charge in [0, 0.05) is 5.92 Å². The van der Waals surface area contributed by atoms with E-state index in [1.807, 2.05) is 74.5 Å². The summed E-state index contributed by atoms with van der Waals surface area (Å²) in [4.78, 5) is 38.2. The van der Waals surface area contributed by atoms with Crippen LogP contribution in [0.25, 0.3) is 0 Å². The van der Waals surface area contributed by atoms with Gasteiger partial charge in [0.25, 0.3) is 0 Å². The van der Waals surface area contributed by atoms with E-state index in [1.54, 1.807) is 20.8 Å². The highest BCUT2D eigenvalue weighted by molar-refractivity contribution is 5.88. The van der Waals surface area contributed by atoms with Crippen molar-refractivity contribution in [1.29, 1.82) is 0 Å². The SMILES string of the molecule is CCC(C)[C@H](NC(=O)[C@@H](Cc1ccccc1)C[C@H](O)[C@H](Cc1ccccc1)NC(=O)OC(C)(C)C)C(N)=O. The molecule has 1 unspecified atom stereocenters. The van der Waals surface area contributed by atoms with E-state index in [-0.39, 0.29) is 18.2 Å². The number of rotatable bonds is 13. The topological polar surface area (TPSA) is 131 Å². The Morgan fingerprint density at radius 1 is 0.921 bits per heavy atom. The van der Waals surface area contributed by atoms with E-state index in [2.05, 4.69) is 10.6 Å². The van der Waals surface area contributed by atoms with Gasteiger partial charge in [0.15, 0.2) is 0 Å². The Hall–Kier alpha value is -3.39. The average molecular weight is 526 g/mol. The van der Waals surface area contributed by atoms with E-state index in [0.29, 0.717) is 19.3 Å². The van der Waals surface area contributed by atoms with Gasteiger partial charge in [-0.1, -0.05) is 80.9 Å². The summed E-state index contributed by atoms with van der Waals surface area (Å²) in [6, 6.07) is 17.4. The first-order chi connectivity index (χ1) is 17.9. The minimum atomic E-state index is -1.07. The highest BCUT2D eigenvalue weighted by atomic mass is 16.6. The number of nitrogens with one attached hydrogen (secondary N) is 2. The average Bonchev–Trinajstić information content (AvgIpc) is 2.85. The fourth-order valence-corrected chi connectivity index (χ4v) is 4.25. The van der Waals surface area contributed by atoms with Crippen molar-refractivity contribution < 1.29 is 24.2 Å². The summed E-state index contributed by atoms with van der Waals surface area (Å²) < 4.78 is 5.43. The molecule has 2 rings (SSSR count). The molecule has 0 fully saturated rings. The zero-order valence-electron chi connectivity index (χ0n) is 23.1. The van der Waals surface area contributed by atoms with Gasteiger partial charge in [0.05, 0.1) is 12.1 Å². The molecule has 38 heavy (non-hydrogen) atoms. The third-order valence-corrected chi connectivity index (χ3v) is 6.50. The van der Waals surface area contributed by atoms with Crippen molar-refractivity contribution in [2.45, 2.75) is 84.1 Å². The monoisotopic (exact) mass is 525 g/mol. The van der Waals surface area contributed by atoms with Gasteiger partial charge in [0.2, 0.25) is 11.8 Å². The van der Waals surface area contributed by atoms with Gasteiger partial charge in [-0.25, -0.2) is 4.79 Å². The highest BCUT2D eigenvalue weighted by Gasteiger charge is 2.32. The van der Waals surface area contributed by atoms with Crippen molar-refractivity contribution in [3.63, 3.8) is 0 Å². The van der Waals surface area contributed by atoms with Crippen molar-refractivity contribution >= 4 is 17.9 Å². The molecule has 0 radical (unpaired) electrons. The van der Waals surface area contributed by atoms with E-state index in [1.165, 1.54) is 0 Å². The maximum atomic E-state index is 13.5. The number of carbonyl (C=O) groups excluding carboxylic acids is 3. The fourth-order valence-electron chi connectivity index (χ4n) is 4.25. The van der Waals surface area contributed by atoms with Crippen LogP contribution < -0.4 is 16.4 Å². The van der Waals surface area contributed by atoms with Gasteiger partial charge in [-0.05, 0) is 57.1 Å². The highest BCUT2D eigenvalue weighted by Crippen LogP contribution is 2.20. The van der Waals surface area contributed by atoms with E-state index in [0.717, 1.165) is 11.1 Å². The van der Waals surface area contributed by atoms with Crippen LogP contribution in [0.3, 0.4) is 0 Å². The number of nitrogens with two attached hydrogens (primary N) is 1. The summed E-state index contributed by atoms with van der Waals surface area (Å²) in [5.41, 5.74) is 6.72. The van der Waals surface area contributed by atoms with Gasteiger partial charge in [-0.3, -0.25) is 9.59 Å². The maximum Gasteiger partial charge on any atom is 0.407 e. The predicted octanol–water partition coefficient (Wildman–Crippen LogP) is 3.75. The standard InChI is InChI=1S/C30H43N3O5/c1-6-20(2)26(27(31)35)33-28(36)23(17-21-13-9-7-10-14-21)19-25(34)24(18-22-15-11-8-12-16-22)32-29(37)38-30(3,4)5/h7-16,20,23-26,34H,6,17-19H2,1-5H3,(H2,31,35)(H,32,37)(H,33,36)/t20?,23-,24-,25-,26-/m0/s1. The summed E-state index contributed by atoms with van der Waals surface area (Å²) in [7, 11) is 0. The van der Waals surface area contributed by atoms with E-state index >= 15 is 0 Å². The minimum Gasteiger partial charge on any atom is -0.444 e. The second kappa shape index (κ2) is 14.5. The molecule has 5 atom stereocenters. The molecule has 208 valence electrons. The Morgan fingerprint density at radius 3 is 1.92 bits per heavy atom. The molecule has 3 amide bonds. The number of benzene rings is 2. The third-order valence-electron chi connectivity index (χ3n) is 6.50. The number of ether oxygens (including phenoxy) is 1. The quantitative estimate of drug-likeness (QED) is 0.316. The molecule has 0 saturated carbocycles. The molecule has 0 aromatic heterocycles. The van der Waals surface area contributed by atoms with Crippen LogP contribution in [0.5, 0.6) is 0 Å². The lowest BCUT2D eigenvalue weighted by atomic mass is 9.88. The van der Waals surface area contributed by atoms with Crippen molar-refractivity contribution in [3.8, 4) is 0 Å². The molecule has 2 aromatic carbocycles. The Bertz CT molecular complexity index is 1020. The molecule has 8 nitrogen and oxygen atoms in total. The Morgan fingerprint density at radius 2 is 1.45 bits per heavy atom. The first-order valence-corrected chi connectivity index (χ1v) is 13.2. The molecule has 0 spiro atoms. The number of carbonyl (C=O) groups is 3. The zero-order valence-corrected chi connectivity index (χ0v) is 23.1. The molecule has 0 heterocycles. The van der Waals surface area contributed by atoms with Crippen LogP contribution in [0, 0.1) is 11.8 Å². The molecule has 8 heteroatoms. The lowest BCUT2D eigenvalue weighted by Crippen LogP contribution is -2.52. The van der Waals surface area contributed by atoms with Gasteiger partial charge in [0.1, 0.15) is 11.6 Å². The summed E-state index contributed by atoms with van der Waals surface area (Å²) in [6.45, 7) is 9.08. The fraction of sp³-hybridized carbons (Fsp3) is 0.500. The normalized spacial score (nSPS) is 15.4. The molecule has 0 aliphatic heterocycles. The number of hydrogen-bond donors (Lipinski definition) is 4. The van der Waals surface area contributed by atoms with Crippen LogP contribution >= 0.6 is 0 Å². The molecule has 2 aromatic rings. The number of aliphatic hydroxyl groups excluding tert-OH is 1. The van der Waals surface area contributed by atoms with Crippen LogP contribution in [-0.4, -0.2) is 46.8 Å². The van der Waals surface area contributed by atoms with Crippen LogP contribution in [0.1, 0.15) is 58.6 Å². The van der Waals surface area contributed by atoms with Crippen molar-refractivity contribution in [2.75, 3.05) is 0 Å². The molecule has 5 N–H and O–H groups in total. The number of hydrogen-bond acceptors (Lipinski definition) is 5. The number of aliphatic hydroxyl groups is 1. The van der Waals surface area contributed by atoms with E-state index < -0.39 is 41.7 Å². The van der Waals surface area contributed by atoms with Crippen LogP contribution in [0.2, 0.25) is 0 Å². The largest absolute Gasteiger partial charge is 0.444 e. The Balaban J connectivity index is 2.29. The second-order valence-electron chi connectivity index (χ2n) is 10.9. The number of alkyl carbamates (subject to hydrolysis) is 1. The van der Waals surface area contributed by atoms with Crippen LogP contribution in [-0.2, 0) is 27.2 Å². The minimum absolute atomic E-state index is 0.0556. The predicted molar refractivity (Wildman–Crippen MR) is 148 cm³/mol. The maximum absolute atomic E-state index is 13.5. The van der Waals surface area contributed by atoms with Gasteiger partial charge in [-0.2, -0.15) is 0 Å². The lowest BCUT2D eigenvalue weighted by Gasteiger charge is -2.30. The molecular formula is C30H43N3O5. The van der Waals surface area contributed by atoms with Crippen LogP contribution in [0.4, 0.5) is 4.79 Å².